The van der Waals surface area contributed by atoms with E-state index in [0.29, 0.717) is 18.9 Å². The average Bonchev–Trinajstić information content (AvgIpc) is 2.13. The first-order valence-corrected chi connectivity index (χ1v) is 5.86. The lowest BCUT2D eigenvalue weighted by Gasteiger charge is -2.31. The summed E-state index contributed by atoms with van der Waals surface area (Å²) < 4.78 is 0. The Labute approximate surface area is 91.8 Å². The van der Waals surface area contributed by atoms with Gasteiger partial charge in [0.15, 0.2) is 0 Å². The summed E-state index contributed by atoms with van der Waals surface area (Å²) in [6.07, 6.45) is 4.35. The highest BCUT2D eigenvalue weighted by atomic mass is 16.1. The second kappa shape index (κ2) is 6.08. The molecule has 0 radical (unpaired) electrons. The van der Waals surface area contributed by atoms with Crippen LogP contribution in [0.5, 0.6) is 0 Å². The molecule has 0 spiro atoms. The quantitative estimate of drug-likeness (QED) is 0.630. The summed E-state index contributed by atoms with van der Waals surface area (Å²) in [5.74, 6) is 0.736. The average molecular weight is 213 g/mol. The van der Waals surface area contributed by atoms with Crippen LogP contribution in [-0.2, 0) is 4.79 Å². The summed E-state index contributed by atoms with van der Waals surface area (Å²) in [5.41, 5.74) is 11.3. The fourth-order valence-corrected chi connectivity index (χ4v) is 2.34. The van der Waals surface area contributed by atoms with Crippen molar-refractivity contribution in [2.24, 2.45) is 17.4 Å². The lowest BCUT2D eigenvalue weighted by Crippen LogP contribution is -2.44. The van der Waals surface area contributed by atoms with Gasteiger partial charge in [0.1, 0.15) is 0 Å². The fraction of sp³-hybridized carbons (Fsp3) is 0.909. The zero-order chi connectivity index (χ0) is 11.3. The smallest absolute Gasteiger partial charge is 0.220 e. The van der Waals surface area contributed by atoms with Crippen LogP contribution in [-0.4, -0.2) is 24.5 Å². The minimum Gasteiger partial charge on any atom is -0.353 e. The summed E-state index contributed by atoms with van der Waals surface area (Å²) in [4.78, 5) is 11.5. The zero-order valence-electron chi connectivity index (χ0n) is 9.54. The van der Waals surface area contributed by atoms with E-state index in [4.69, 9.17) is 11.5 Å². The van der Waals surface area contributed by atoms with Gasteiger partial charge in [-0.2, -0.15) is 0 Å². The van der Waals surface area contributed by atoms with Crippen molar-refractivity contribution in [3.63, 3.8) is 0 Å². The molecule has 0 aromatic heterocycles. The highest BCUT2D eigenvalue weighted by Crippen LogP contribution is 2.22. The van der Waals surface area contributed by atoms with Gasteiger partial charge in [0.2, 0.25) is 5.91 Å². The van der Waals surface area contributed by atoms with E-state index in [1.807, 2.05) is 0 Å². The maximum atomic E-state index is 11.5. The Morgan fingerprint density at radius 1 is 1.40 bits per heavy atom. The third kappa shape index (κ3) is 4.62. The molecule has 0 aliphatic heterocycles. The standard InChI is InChI=1S/C11H23N3O/c1-8-5-9(13)7-10(6-8)14-11(15)3-2-4-12/h8-10H,2-7,12-13H2,1H3,(H,14,15). The van der Waals surface area contributed by atoms with Crippen molar-refractivity contribution in [3.8, 4) is 0 Å². The van der Waals surface area contributed by atoms with Crippen LogP contribution in [0, 0.1) is 5.92 Å². The van der Waals surface area contributed by atoms with E-state index < -0.39 is 0 Å². The zero-order valence-corrected chi connectivity index (χ0v) is 9.54. The van der Waals surface area contributed by atoms with Gasteiger partial charge in [-0.15, -0.1) is 0 Å². The molecule has 4 heteroatoms. The SMILES string of the molecule is CC1CC(N)CC(NC(=O)CCCN)C1. The maximum Gasteiger partial charge on any atom is 0.220 e. The molecule has 0 aromatic rings. The second-order valence-corrected chi connectivity index (χ2v) is 4.73. The van der Waals surface area contributed by atoms with Gasteiger partial charge < -0.3 is 16.8 Å². The lowest BCUT2D eigenvalue weighted by atomic mass is 9.84. The minimum absolute atomic E-state index is 0.117. The summed E-state index contributed by atoms with van der Waals surface area (Å²) in [7, 11) is 0. The highest BCUT2D eigenvalue weighted by molar-refractivity contribution is 5.76. The Kier molecular flexibility index (Phi) is 5.05. The predicted molar refractivity (Wildman–Crippen MR) is 61.2 cm³/mol. The predicted octanol–water partition coefficient (Wildman–Crippen LogP) is 0.357. The Morgan fingerprint density at radius 2 is 2.13 bits per heavy atom. The van der Waals surface area contributed by atoms with Crippen molar-refractivity contribution in [1.29, 1.82) is 0 Å². The third-order valence-electron chi connectivity index (χ3n) is 2.95. The van der Waals surface area contributed by atoms with E-state index in [2.05, 4.69) is 12.2 Å². The molecule has 1 aliphatic carbocycles. The van der Waals surface area contributed by atoms with E-state index in [1.165, 1.54) is 0 Å². The summed E-state index contributed by atoms with van der Waals surface area (Å²) in [6.45, 7) is 2.77. The molecule has 1 fully saturated rings. The largest absolute Gasteiger partial charge is 0.353 e. The van der Waals surface area contributed by atoms with E-state index in [9.17, 15) is 4.79 Å². The van der Waals surface area contributed by atoms with Crippen LogP contribution in [0.3, 0.4) is 0 Å². The number of hydrogen-bond acceptors (Lipinski definition) is 3. The molecule has 3 unspecified atom stereocenters. The van der Waals surface area contributed by atoms with E-state index in [1.54, 1.807) is 0 Å². The first kappa shape index (κ1) is 12.5. The van der Waals surface area contributed by atoms with Gasteiger partial charge in [0.25, 0.3) is 0 Å². The first-order chi connectivity index (χ1) is 7.11. The van der Waals surface area contributed by atoms with Crippen LogP contribution in [0.2, 0.25) is 0 Å². The van der Waals surface area contributed by atoms with Crippen molar-refractivity contribution in [2.45, 2.75) is 51.1 Å². The lowest BCUT2D eigenvalue weighted by molar-refractivity contribution is -0.122. The first-order valence-electron chi connectivity index (χ1n) is 5.86. The van der Waals surface area contributed by atoms with Gasteiger partial charge in [0.05, 0.1) is 0 Å². The minimum atomic E-state index is 0.117. The van der Waals surface area contributed by atoms with Crippen LogP contribution in [0.15, 0.2) is 0 Å². The number of amides is 1. The van der Waals surface area contributed by atoms with Gasteiger partial charge in [-0.3, -0.25) is 4.79 Å². The molecule has 3 atom stereocenters. The molecule has 1 saturated carbocycles. The highest BCUT2D eigenvalue weighted by Gasteiger charge is 2.24. The Hall–Kier alpha value is -0.610. The third-order valence-corrected chi connectivity index (χ3v) is 2.95. The molecule has 88 valence electrons. The molecular formula is C11H23N3O. The van der Waals surface area contributed by atoms with Crippen LogP contribution in [0.4, 0.5) is 0 Å². The van der Waals surface area contributed by atoms with Gasteiger partial charge in [-0.1, -0.05) is 6.92 Å². The number of carbonyl (C=O) groups is 1. The van der Waals surface area contributed by atoms with E-state index in [-0.39, 0.29) is 18.0 Å². The van der Waals surface area contributed by atoms with Crippen LogP contribution >= 0.6 is 0 Å². The normalized spacial score (nSPS) is 31.3. The molecule has 1 amide bonds. The summed E-state index contributed by atoms with van der Waals surface area (Å²) in [5, 5.41) is 3.04. The molecule has 15 heavy (non-hydrogen) atoms. The Bertz CT molecular complexity index is 198. The van der Waals surface area contributed by atoms with Crippen molar-refractivity contribution >= 4 is 5.91 Å². The van der Waals surface area contributed by atoms with Gasteiger partial charge in [0, 0.05) is 18.5 Å². The van der Waals surface area contributed by atoms with Crippen molar-refractivity contribution in [1.82, 2.24) is 5.32 Å². The Balaban J connectivity index is 2.27. The van der Waals surface area contributed by atoms with E-state index >= 15 is 0 Å². The van der Waals surface area contributed by atoms with Crippen molar-refractivity contribution < 1.29 is 4.79 Å². The summed E-state index contributed by atoms with van der Waals surface area (Å²) >= 11 is 0. The molecule has 5 N–H and O–H groups in total. The van der Waals surface area contributed by atoms with Crippen LogP contribution in [0.1, 0.15) is 39.0 Å². The Morgan fingerprint density at radius 3 is 2.73 bits per heavy atom. The maximum absolute atomic E-state index is 11.5. The van der Waals surface area contributed by atoms with Crippen LogP contribution in [0.25, 0.3) is 0 Å². The van der Waals surface area contributed by atoms with Gasteiger partial charge in [-0.25, -0.2) is 0 Å². The molecular weight excluding hydrogens is 190 g/mol. The van der Waals surface area contributed by atoms with Gasteiger partial charge in [-0.05, 0) is 38.1 Å². The molecule has 0 aromatic carbocycles. The van der Waals surface area contributed by atoms with E-state index in [0.717, 1.165) is 25.7 Å². The number of carbonyl (C=O) groups excluding carboxylic acids is 1. The van der Waals surface area contributed by atoms with Crippen molar-refractivity contribution in [2.75, 3.05) is 6.54 Å². The molecule has 1 rings (SSSR count). The monoisotopic (exact) mass is 213 g/mol. The van der Waals surface area contributed by atoms with Crippen molar-refractivity contribution in [3.05, 3.63) is 0 Å². The number of nitrogens with two attached hydrogens (primary N) is 2. The molecule has 0 bridgehead atoms. The summed E-state index contributed by atoms with van der Waals surface area (Å²) in [6, 6.07) is 0.516. The second-order valence-electron chi connectivity index (χ2n) is 4.73. The number of hydrogen-bond donors (Lipinski definition) is 3. The topological polar surface area (TPSA) is 81.1 Å². The molecule has 0 heterocycles. The van der Waals surface area contributed by atoms with Gasteiger partial charge >= 0.3 is 0 Å². The molecule has 1 aliphatic rings. The number of nitrogens with one attached hydrogen (secondary N) is 1. The molecule has 4 nitrogen and oxygen atoms in total. The fourth-order valence-electron chi connectivity index (χ4n) is 2.34. The number of rotatable bonds is 4. The van der Waals surface area contributed by atoms with Crippen LogP contribution < -0.4 is 16.8 Å². The molecule has 0 saturated heterocycles.